The first-order chi connectivity index (χ1) is 9.51. The fraction of sp³-hybridized carbons (Fsp3) is 0.231. The van der Waals surface area contributed by atoms with Crippen molar-refractivity contribution in [2.24, 2.45) is 0 Å². The van der Waals surface area contributed by atoms with E-state index in [2.05, 4.69) is 15.0 Å². The molecule has 6 nitrogen and oxygen atoms in total. The lowest BCUT2D eigenvalue weighted by atomic mass is 10.2. The Bertz CT molecular complexity index is 701. The maximum atomic E-state index is 12.1. The number of aromatic nitrogens is 3. The molecular weight excluding hydrogens is 274 g/mol. The maximum absolute atomic E-state index is 12.1. The first kappa shape index (κ1) is 14.1. The van der Waals surface area contributed by atoms with Crippen LogP contribution in [0.15, 0.2) is 17.4 Å². The van der Waals surface area contributed by atoms with Gasteiger partial charge in [0.1, 0.15) is 17.5 Å². The number of Topliss-reactive ketones (excluding diaryl/α,β-unsaturated/α-hetero) is 1. The number of aromatic amines is 1. The van der Waals surface area contributed by atoms with E-state index in [-0.39, 0.29) is 22.9 Å². The molecular formula is C13H13N5OS. The minimum Gasteiger partial charge on any atom is -0.382 e. The zero-order chi connectivity index (χ0) is 14.7. The van der Waals surface area contributed by atoms with Crippen LogP contribution in [0.3, 0.4) is 0 Å². The summed E-state index contributed by atoms with van der Waals surface area (Å²) in [5, 5.41) is 9.12. The molecule has 0 saturated heterocycles. The number of nitrogens with one attached hydrogen (secondary N) is 1. The van der Waals surface area contributed by atoms with Gasteiger partial charge in [-0.1, -0.05) is 11.8 Å². The lowest BCUT2D eigenvalue weighted by molar-refractivity contribution is 0.102. The molecule has 2 aromatic rings. The van der Waals surface area contributed by atoms with Crippen molar-refractivity contribution >= 4 is 23.4 Å². The average molecular weight is 287 g/mol. The summed E-state index contributed by atoms with van der Waals surface area (Å²) in [5.74, 6) is 0.359. The normalized spacial score (nSPS) is 10.2. The Balaban J connectivity index is 2.06. The third-order valence-electron chi connectivity index (χ3n) is 2.70. The van der Waals surface area contributed by atoms with Crippen LogP contribution >= 0.6 is 11.8 Å². The van der Waals surface area contributed by atoms with Gasteiger partial charge in [-0.05, 0) is 19.9 Å². The van der Waals surface area contributed by atoms with Crippen molar-refractivity contribution < 1.29 is 4.79 Å². The number of H-pyrrole nitrogens is 1. The summed E-state index contributed by atoms with van der Waals surface area (Å²) in [6.07, 6.45) is 1.36. The number of nitriles is 1. The third-order valence-corrected chi connectivity index (χ3v) is 3.56. The molecule has 102 valence electrons. The van der Waals surface area contributed by atoms with Crippen LogP contribution in [-0.4, -0.2) is 26.5 Å². The van der Waals surface area contributed by atoms with Crippen LogP contribution in [0.1, 0.15) is 27.3 Å². The molecule has 0 radical (unpaired) electrons. The largest absolute Gasteiger partial charge is 0.382 e. The van der Waals surface area contributed by atoms with Gasteiger partial charge in [0.2, 0.25) is 0 Å². The van der Waals surface area contributed by atoms with Gasteiger partial charge in [-0.3, -0.25) is 4.79 Å². The van der Waals surface area contributed by atoms with Gasteiger partial charge in [-0.25, -0.2) is 9.97 Å². The second-order valence-corrected chi connectivity index (χ2v) is 5.21. The van der Waals surface area contributed by atoms with E-state index in [1.54, 1.807) is 0 Å². The average Bonchev–Trinajstić information content (AvgIpc) is 2.75. The monoisotopic (exact) mass is 287 g/mol. The number of nitrogens with two attached hydrogens (primary N) is 1. The molecule has 0 bridgehead atoms. The van der Waals surface area contributed by atoms with E-state index in [1.165, 1.54) is 18.0 Å². The number of nitrogen functional groups attached to an aromatic ring is 1. The molecule has 3 N–H and O–H groups in total. The van der Waals surface area contributed by atoms with Crippen molar-refractivity contribution in [3.05, 3.63) is 34.8 Å². The van der Waals surface area contributed by atoms with Crippen LogP contribution in [-0.2, 0) is 0 Å². The van der Waals surface area contributed by atoms with Crippen LogP contribution in [0.5, 0.6) is 0 Å². The topological polar surface area (TPSA) is 108 Å². The van der Waals surface area contributed by atoms with E-state index in [4.69, 9.17) is 11.0 Å². The van der Waals surface area contributed by atoms with Gasteiger partial charge >= 0.3 is 0 Å². The van der Waals surface area contributed by atoms with Gasteiger partial charge in [0, 0.05) is 17.0 Å². The summed E-state index contributed by atoms with van der Waals surface area (Å²) < 4.78 is 0. The first-order valence-corrected chi connectivity index (χ1v) is 6.84. The number of anilines is 1. The predicted molar refractivity (Wildman–Crippen MR) is 76.5 cm³/mol. The van der Waals surface area contributed by atoms with Gasteiger partial charge in [0.25, 0.3) is 0 Å². The molecule has 0 saturated carbocycles. The molecule has 0 fully saturated rings. The summed E-state index contributed by atoms with van der Waals surface area (Å²) in [6, 6.07) is 3.72. The summed E-state index contributed by atoms with van der Waals surface area (Å²) in [4.78, 5) is 23.2. The highest BCUT2D eigenvalue weighted by molar-refractivity contribution is 7.99. The van der Waals surface area contributed by atoms with Crippen LogP contribution in [0.25, 0.3) is 0 Å². The molecule has 2 aromatic heterocycles. The molecule has 0 amide bonds. The lowest BCUT2D eigenvalue weighted by Crippen LogP contribution is -2.05. The number of ketones is 1. The highest BCUT2D eigenvalue weighted by atomic mass is 32.2. The molecule has 2 heterocycles. The molecule has 0 spiro atoms. The van der Waals surface area contributed by atoms with Crippen LogP contribution in [0, 0.1) is 25.2 Å². The Morgan fingerprint density at radius 2 is 2.30 bits per heavy atom. The number of thioether (sulfide) groups is 1. The number of hydrogen-bond acceptors (Lipinski definition) is 6. The van der Waals surface area contributed by atoms with E-state index in [1.807, 2.05) is 26.0 Å². The minimum absolute atomic E-state index is 0.00313. The highest BCUT2D eigenvalue weighted by Gasteiger charge is 2.13. The highest BCUT2D eigenvalue weighted by Crippen LogP contribution is 2.19. The van der Waals surface area contributed by atoms with Crippen molar-refractivity contribution in [1.29, 1.82) is 5.26 Å². The fourth-order valence-corrected chi connectivity index (χ4v) is 2.46. The van der Waals surface area contributed by atoms with E-state index < -0.39 is 0 Å². The van der Waals surface area contributed by atoms with Crippen molar-refractivity contribution in [2.45, 2.75) is 19.0 Å². The number of carbonyl (C=O) groups is 1. The van der Waals surface area contributed by atoms with E-state index in [9.17, 15) is 4.79 Å². The third kappa shape index (κ3) is 2.97. The first-order valence-electron chi connectivity index (χ1n) is 5.86. The van der Waals surface area contributed by atoms with Gasteiger partial charge in [-0.2, -0.15) is 5.26 Å². The SMILES string of the molecule is Cc1cc(C(=O)CSc2ncc(C#N)c(N)n2)c(C)[nH]1. The van der Waals surface area contributed by atoms with Gasteiger partial charge < -0.3 is 10.7 Å². The molecule has 0 unspecified atom stereocenters. The predicted octanol–water partition coefficient (Wildman–Crippen LogP) is 1.85. The van der Waals surface area contributed by atoms with Crippen molar-refractivity contribution in [3.8, 4) is 6.07 Å². The quantitative estimate of drug-likeness (QED) is 0.504. The molecule has 20 heavy (non-hydrogen) atoms. The van der Waals surface area contributed by atoms with Crippen molar-refractivity contribution in [2.75, 3.05) is 11.5 Å². The van der Waals surface area contributed by atoms with Gasteiger partial charge in [-0.15, -0.1) is 0 Å². The van der Waals surface area contributed by atoms with Crippen molar-refractivity contribution in [3.63, 3.8) is 0 Å². The Morgan fingerprint density at radius 1 is 1.55 bits per heavy atom. The van der Waals surface area contributed by atoms with E-state index >= 15 is 0 Å². The molecule has 0 aromatic carbocycles. The molecule has 2 rings (SSSR count). The molecule has 0 aliphatic carbocycles. The molecule has 7 heteroatoms. The maximum Gasteiger partial charge on any atom is 0.189 e. The number of hydrogen-bond donors (Lipinski definition) is 2. The summed E-state index contributed by atoms with van der Waals surface area (Å²) in [6.45, 7) is 3.77. The Morgan fingerprint density at radius 3 is 2.85 bits per heavy atom. The number of aryl methyl sites for hydroxylation is 2. The molecule has 0 atom stereocenters. The fourth-order valence-electron chi connectivity index (χ4n) is 1.76. The second-order valence-electron chi connectivity index (χ2n) is 4.27. The zero-order valence-corrected chi connectivity index (χ0v) is 11.9. The van der Waals surface area contributed by atoms with E-state index in [0.29, 0.717) is 10.7 Å². The standard InChI is InChI=1S/C13H13N5OS/c1-7-3-10(8(2)17-7)11(19)6-20-13-16-5-9(4-14)12(15)18-13/h3,5,17H,6H2,1-2H3,(H2,15,16,18). The summed E-state index contributed by atoms with van der Waals surface area (Å²) in [7, 11) is 0. The van der Waals surface area contributed by atoms with Crippen LogP contribution in [0.4, 0.5) is 5.82 Å². The van der Waals surface area contributed by atoms with Crippen LogP contribution < -0.4 is 5.73 Å². The Hall–Kier alpha value is -2.33. The zero-order valence-electron chi connectivity index (χ0n) is 11.1. The number of nitrogens with zero attached hydrogens (tertiary/aromatic N) is 3. The number of rotatable bonds is 4. The smallest absolute Gasteiger partial charge is 0.189 e. The molecule has 0 aliphatic heterocycles. The number of carbonyl (C=O) groups excluding carboxylic acids is 1. The summed E-state index contributed by atoms with van der Waals surface area (Å²) in [5.41, 5.74) is 8.32. The van der Waals surface area contributed by atoms with Crippen molar-refractivity contribution in [1.82, 2.24) is 15.0 Å². The van der Waals surface area contributed by atoms with Crippen LogP contribution in [0.2, 0.25) is 0 Å². The van der Waals surface area contributed by atoms with E-state index in [0.717, 1.165) is 11.4 Å². The second kappa shape index (κ2) is 5.75. The van der Waals surface area contributed by atoms with Gasteiger partial charge in [0.05, 0.1) is 11.9 Å². The summed E-state index contributed by atoms with van der Waals surface area (Å²) >= 11 is 1.20. The molecule has 0 aliphatic rings. The minimum atomic E-state index is 0.00313. The Kier molecular flexibility index (Phi) is 4.05. The Labute approximate surface area is 120 Å². The lowest BCUT2D eigenvalue weighted by Gasteiger charge is -2.01. The van der Waals surface area contributed by atoms with Gasteiger partial charge in [0.15, 0.2) is 10.9 Å².